The summed E-state index contributed by atoms with van der Waals surface area (Å²) in [5, 5.41) is 5.49. The van der Waals surface area contributed by atoms with Crippen molar-refractivity contribution in [3.63, 3.8) is 0 Å². The molecule has 0 saturated heterocycles. The van der Waals surface area contributed by atoms with Crippen molar-refractivity contribution in [3.8, 4) is 0 Å². The fraction of sp³-hybridized carbons (Fsp3) is 0.500. The van der Waals surface area contributed by atoms with Crippen LogP contribution < -0.4 is 5.32 Å². The molecule has 0 aromatic carbocycles. The van der Waals surface area contributed by atoms with Gasteiger partial charge in [0.2, 0.25) is 0 Å². The van der Waals surface area contributed by atoms with Gasteiger partial charge in [0.1, 0.15) is 0 Å². The van der Waals surface area contributed by atoms with Crippen molar-refractivity contribution in [3.05, 3.63) is 21.9 Å². The van der Waals surface area contributed by atoms with Gasteiger partial charge >= 0.3 is 0 Å². The second-order valence-electron chi connectivity index (χ2n) is 2.76. The van der Waals surface area contributed by atoms with E-state index in [0.29, 0.717) is 6.04 Å². The van der Waals surface area contributed by atoms with E-state index >= 15 is 0 Å². The van der Waals surface area contributed by atoms with Gasteiger partial charge in [0.25, 0.3) is 0 Å². The molecule has 0 radical (unpaired) electrons. The van der Waals surface area contributed by atoms with Crippen LogP contribution in [-0.4, -0.2) is 13.1 Å². The van der Waals surface area contributed by atoms with E-state index in [4.69, 9.17) is 0 Å². The van der Waals surface area contributed by atoms with E-state index in [1.807, 2.05) is 18.4 Å². The van der Waals surface area contributed by atoms with Crippen molar-refractivity contribution in [2.45, 2.75) is 18.9 Å². The molecule has 54 valence electrons. The van der Waals surface area contributed by atoms with Crippen molar-refractivity contribution in [2.24, 2.45) is 0 Å². The van der Waals surface area contributed by atoms with Gasteiger partial charge in [0.15, 0.2) is 0 Å². The van der Waals surface area contributed by atoms with E-state index in [1.54, 1.807) is 10.4 Å². The molecular formula is C8H11NS. The van der Waals surface area contributed by atoms with E-state index < -0.39 is 0 Å². The Morgan fingerprint density at radius 2 is 2.50 bits per heavy atom. The number of rotatable bonds is 1. The predicted molar refractivity (Wildman–Crippen MR) is 44.6 cm³/mol. The average molecular weight is 153 g/mol. The Labute approximate surface area is 65.1 Å². The molecule has 2 rings (SSSR count). The second kappa shape index (κ2) is 2.36. The number of hydrogen-bond acceptors (Lipinski definition) is 2. The molecule has 0 aliphatic heterocycles. The Kier molecular flexibility index (Phi) is 1.51. The quantitative estimate of drug-likeness (QED) is 0.643. The smallest absolute Gasteiger partial charge is 0.0153 e. The van der Waals surface area contributed by atoms with Crippen LogP contribution in [0.4, 0.5) is 0 Å². The van der Waals surface area contributed by atoms with Gasteiger partial charge in [-0.1, -0.05) is 0 Å². The summed E-state index contributed by atoms with van der Waals surface area (Å²) in [6.07, 6.45) is 2.47. The lowest BCUT2D eigenvalue weighted by Gasteiger charge is -2.04. The van der Waals surface area contributed by atoms with Gasteiger partial charge in [-0.05, 0) is 36.9 Å². The molecule has 1 nitrogen and oxygen atoms in total. The van der Waals surface area contributed by atoms with Gasteiger partial charge < -0.3 is 5.32 Å². The highest BCUT2D eigenvalue weighted by molar-refractivity contribution is 7.10. The van der Waals surface area contributed by atoms with Crippen molar-refractivity contribution in [1.82, 2.24) is 5.32 Å². The van der Waals surface area contributed by atoms with Crippen molar-refractivity contribution >= 4 is 11.3 Å². The zero-order valence-corrected chi connectivity index (χ0v) is 6.87. The third-order valence-electron chi connectivity index (χ3n) is 2.14. The van der Waals surface area contributed by atoms with Crippen LogP contribution >= 0.6 is 11.3 Å². The van der Waals surface area contributed by atoms with Gasteiger partial charge in [-0.2, -0.15) is 0 Å². The van der Waals surface area contributed by atoms with Gasteiger partial charge in [0, 0.05) is 10.9 Å². The topological polar surface area (TPSA) is 12.0 Å². The SMILES string of the molecule is CNC1Cc2ccsc2C1. The zero-order valence-electron chi connectivity index (χ0n) is 6.05. The van der Waals surface area contributed by atoms with E-state index in [9.17, 15) is 0 Å². The van der Waals surface area contributed by atoms with E-state index in [0.717, 1.165) is 0 Å². The molecule has 1 unspecified atom stereocenters. The Balaban J connectivity index is 2.21. The third kappa shape index (κ3) is 0.879. The molecule has 10 heavy (non-hydrogen) atoms. The van der Waals surface area contributed by atoms with E-state index in [2.05, 4.69) is 16.8 Å². The first-order valence-corrected chi connectivity index (χ1v) is 4.50. The minimum absolute atomic E-state index is 0.711. The molecule has 1 aliphatic carbocycles. The van der Waals surface area contributed by atoms with Gasteiger partial charge in [-0.25, -0.2) is 0 Å². The van der Waals surface area contributed by atoms with Crippen molar-refractivity contribution in [2.75, 3.05) is 7.05 Å². The first kappa shape index (κ1) is 6.38. The zero-order chi connectivity index (χ0) is 6.97. The Morgan fingerprint density at radius 3 is 3.20 bits per heavy atom. The maximum atomic E-state index is 3.30. The molecule has 1 aromatic heterocycles. The van der Waals surface area contributed by atoms with Crippen LogP contribution in [0.15, 0.2) is 11.4 Å². The summed E-state index contributed by atoms with van der Waals surface area (Å²) in [4.78, 5) is 1.58. The Hall–Kier alpha value is -0.340. The van der Waals surface area contributed by atoms with Crippen molar-refractivity contribution in [1.29, 1.82) is 0 Å². The largest absolute Gasteiger partial charge is 0.316 e. The first-order valence-electron chi connectivity index (χ1n) is 3.62. The fourth-order valence-electron chi connectivity index (χ4n) is 1.49. The molecule has 0 saturated carbocycles. The number of fused-ring (bicyclic) bond motifs is 1. The minimum Gasteiger partial charge on any atom is -0.316 e. The van der Waals surface area contributed by atoms with Crippen LogP contribution in [0.2, 0.25) is 0 Å². The summed E-state index contributed by atoms with van der Waals surface area (Å²) >= 11 is 1.89. The minimum atomic E-state index is 0.711. The molecule has 2 heteroatoms. The lowest BCUT2D eigenvalue weighted by atomic mass is 10.2. The summed E-state index contributed by atoms with van der Waals surface area (Å²) < 4.78 is 0. The highest BCUT2D eigenvalue weighted by atomic mass is 32.1. The van der Waals surface area contributed by atoms with Crippen LogP contribution in [-0.2, 0) is 12.8 Å². The maximum absolute atomic E-state index is 3.30. The molecule has 1 aromatic rings. The first-order chi connectivity index (χ1) is 4.90. The van der Waals surface area contributed by atoms with Gasteiger partial charge in [-0.15, -0.1) is 11.3 Å². The summed E-state index contributed by atoms with van der Waals surface area (Å²) in [7, 11) is 2.04. The lowest BCUT2D eigenvalue weighted by Crippen LogP contribution is -2.24. The monoisotopic (exact) mass is 153 g/mol. The highest BCUT2D eigenvalue weighted by Gasteiger charge is 2.20. The average Bonchev–Trinajstić information content (AvgIpc) is 2.42. The summed E-state index contributed by atoms with van der Waals surface area (Å²) in [6.45, 7) is 0. The van der Waals surface area contributed by atoms with Crippen LogP contribution in [0.1, 0.15) is 10.4 Å². The number of nitrogens with one attached hydrogen (secondary N) is 1. The Bertz CT molecular complexity index is 208. The molecule has 1 N–H and O–H groups in total. The van der Waals surface area contributed by atoms with Crippen LogP contribution in [0.5, 0.6) is 0 Å². The van der Waals surface area contributed by atoms with Crippen LogP contribution in [0.25, 0.3) is 0 Å². The normalized spacial score (nSPS) is 23.1. The van der Waals surface area contributed by atoms with E-state index in [1.165, 1.54) is 12.8 Å². The van der Waals surface area contributed by atoms with E-state index in [-0.39, 0.29) is 0 Å². The molecule has 0 amide bonds. The van der Waals surface area contributed by atoms with Gasteiger partial charge in [-0.3, -0.25) is 0 Å². The second-order valence-corrected chi connectivity index (χ2v) is 3.76. The van der Waals surface area contributed by atoms with Crippen LogP contribution in [0.3, 0.4) is 0 Å². The van der Waals surface area contributed by atoms with Gasteiger partial charge in [0.05, 0.1) is 0 Å². The maximum Gasteiger partial charge on any atom is 0.0153 e. The molecular weight excluding hydrogens is 142 g/mol. The number of thiophene rings is 1. The molecule has 1 heterocycles. The lowest BCUT2D eigenvalue weighted by molar-refractivity contribution is 0.595. The molecule has 1 atom stereocenters. The predicted octanol–water partition coefficient (Wildman–Crippen LogP) is 1.43. The number of likely N-dealkylation sites (N-methyl/N-ethyl adjacent to an activating group) is 1. The summed E-state index contributed by atoms with van der Waals surface area (Å²) in [5.74, 6) is 0. The third-order valence-corrected chi connectivity index (χ3v) is 3.13. The Morgan fingerprint density at radius 1 is 1.60 bits per heavy atom. The van der Waals surface area contributed by atoms with Crippen molar-refractivity contribution < 1.29 is 0 Å². The molecule has 0 bridgehead atoms. The molecule has 0 fully saturated rings. The summed E-state index contributed by atoms with van der Waals surface area (Å²) in [5.41, 5.74) is 1.56. The number of hydrogen-bond donors (Lipinski definition) is 1. The van der Waals surface area contributed by atoms with Crippen LogP contribution in [0, 0.1) is 0 Å². The molecule has 1 aliphatic rings. The fourth-order valence-corrected chi connectivity index (χ4v) is 2.49. The highest BCUT2D eigenvalue weighted by Crippen LogP contribution is 2.26. The standard InChI is InChI=1S/C8H11NS/c1-9-7-4-6-2-3-10-8(6)5-7/h2-3,7,9H,4-5H2,1H3. The molecule has 0 spiro atoms. The summed E-state index contributed by atoms with van der Waals surface area (Å²) in [6, 6.07) is 2.96.